The zero-order chi connectivity index (χ0) is 42.0. The molecule has 12 nitrogen and oxygen atoms in total. The first-order chi connectivity index (χ1) is 27.5. The Labute approximate surface area is 343 Å². The van der Waals surface area contributed by atoms with Gasteiger partial charge in [0.05, 0.1) is 6.61 Å². The number of aliphatic hydroxyl groups is 3. The fraction of sp³-hybridized carbons (Fsp3) is 0.727. The fourth-order valence-corrected chi connectivity index (χ4v) is 6.65. The second kappa shape index (κ2) is 34.2. The highest BCUT2D eigenvalue weighted by Crippen LogP contribution is 2.24. The Morgan fingerprint density at radius 2 is 1.09 bits per heavy atom. The molecule has 6 atom stereocenters. The Bertz CT molecular complexity index is 1290. The number of hydrogen-bond donors (Lipinski definition) is 4. The molecule has 1 heterocycles. The quantitative estimate of drug-likeness (QED) is 0.0211. The molecule has 0 aliphatic carbocycles. The first-order valence-corrected chi connectivity index (χ1v) is 23.0. The van der Waals surface area contributed by atoms with Crippen molar-refractivity contribution in [2.45, 2.75) is 185 Å². The summed E-state index contributed by atoms with van der Waals surface area (Å²) in [5.74, 6) is -2.04. The second-order valence-corrected chi connectivity index (χ2v) is 16.1. The molecule has 4 N–H and O–H groups in total. The van der Waals surface area contributed by atoms with Gasteiger partial charge in [-0.1, -0.05) is 120 Å². The largest absolute Gasteiger partial charge is 0.462 e. The summed E-state index contributed by atoms with van der Waals surface area (Å²) in [5.41, 5.74) is 0. The van der Waals surface area contributed by atoms with Gasteiger partial charge in [-0.2, -0.15) is 8.42 Å². The smallest absolute Gasteiger partial charge is 0.306 e. The van der Waals surface area contributed by atoms with Crippen molar-refractivity contribution in [3.8, 4) is 0 Å². The number of aliphatic hydroxyl groups excluding tert-OH is 3. The first-order valence-electron chi connectivity index (χ1n) is 21.3. The Morgan fingerprint density at radius 1 is 0.596 bits per heavy atom. The molecule has 0 amide bonds. The molecule has 2 unspecified atom stereocenters. The van der Waals surface area contributed by atoms with Crippen molar-refractivity contribution in [1.82, 2.24) is 0 Å². The second-order valence-electron chi connectivity index (χ2n) is 14.6. The molecule has 0 aromatic heterocycles. The SMILES string of the molecule is CCC/C=C/C/C=C/C/C=C/C/C=C/CCCCCC(=O)O[C@H](COC(=O)CCCCCCC/C=C/CCCCC)CO[C@H]1O[C@H](CS(=O)(=O)O)[C@@H](O)C(O)C1O. The summed E-state index contributed by atoms with van der Waals surface area (Å²) in [6, 6.07) is 0. The van der Waals surface area contributed by atoms with Crippen LogP contribution in [-0.2, 0) is 38.7 Å². The van der Waals surface area contributed by atoms with Crippen LogP contribution in [0.5, 0.6) is 0 Å². The number of ether oxygens (including phenoxy) is 4. The molecule has 1 aliphatic heterocycles. The van der Waals surface area contributed by atoms with E-state index in [1.807, 2.05) is 0 Å². The maximum absolute atomic E-state index is 12.8. The summed E-state index contributed by atoms with van der Waals surface area (Å²) in [5, 5.41) is 30.8. The van der Waals surface area contributed by atoms with Gasteiger partial charge in [-0.25, -0.2) is 0 Å². The van der Waals surface area contributed by atoms with Crippen LogP contribution in [0.1, 0.15) is 149 Å². The number of carbonyl (C=O) groups is 2. The number of carbonyl (C=O) groups excluding carboxylic acids is 2. The standard InChI is InChI=1S/C44H74O12S/c1-3-5-7-9-11-13-15-17-18-19-20-21-23-25-27-29-31-33-40(46)55-37(35-54-44-43(49)42(48)41(47)38(56-44)36-57(50,51)52)34-53-39(45)32-30-28-26-24-22-16-14-12-10-8-6-4-2/h7,9,12-15,18-19,21,23,37-38,41-44,47-49H,3-6,8,10-11,16-17,20,22,24-36H2,1-2H3,(H,50,51,52)/b9-7+,14-12+,15-13+,19-18+,23-21+/t37-,38-,41-,42?,43?,44+/m1/s1. The minimum Gasteiger partial charge on any atom is -0.462 e. The van der Waals surface area contributed by atoms with Crippen molar-refractivity contribution in [2.24, 2.45) is 0 Å². The van der Waals surface area contributed by atoms with Crippen LogP contribution >= 0.6 is 0 Å². The van der Waals surface area contributed by atoms with Gasteiger partial charge in [0.2, 0.25) is 0 Å². The Hall–Kier alpha value is -2.65. The van der Waals surface area contributed by atoms with E-state index in [1.54, 1.807) is 0 Å². The molecule has 0 bridgehead atoms. The number of unbranched alkanes of at least 4 members (excludes halogenated alkanes) is 12. The third kappa shape index (κ3) is 29.2. The molecule has 1 rings (SSSR count). The zero-order valence-electron chi connectivity index (χ0n) is 34.7. The molecular formula is C44H74O12S. The van der Waals surface area contributed by atoms with Gasteiger partial charge in [-0.15, -0.1) is 0 Å². The number of esters is 2. The van der Waals surface area contributed by atoms with Gasteiger partial charge < -0.3 is 34.3 Å². The number of hydrogen-bond acceptors (Lipinski definition) is 11. The lowest BCUT2D eigenvalue weighted by molar-refractivity contribution is -0.297. The molecule has 0 radical (unpaired) electrons. The molecular weight excluding hydrogens is 753 g/mol. The van der Waals surface area contributed by atoms with Crippen LogP contribution < -0.4 is 0 Å². The van der Waals surface area contributed by atoms with E-state index in [9.17, 15) is 37.9 Å². The number of allylic oxidation sites excluding steroid dienone is 10. The molecule has 57 heavy (non-hydrogen) atoms. The fourth-order valence-electron chi connectivity index (χ4n) is 5.95. The van der Waals surface area contributed by atoms with E-state index in [0.717, 1.165) is 83.5 Å². The summed E-state index contributed by atoms with van der Waals surface area (Å²) in [6.45, 7) is 3.61. The molecule has 0 aromatic rings. The summed E-state index contributed by atoms with van der Waals surface area (Å²) in [4.78, 5) is 25.3. The van der Waals surface area contributed by atoms with Gasteiger partial charge in [-0.05, 0) is 77.0 Å². The van der Waals surface area contributed by atoms with E-state index >= 15 is 0 Å². The van der Waals surface area contributed by atoms with E-state index in [1.165, 1.54) is 25.7 Å². The van der Waals surface area contributed by atoms with E-state index in [2.05, 4.69) is 74.6 Å². The van der Waals surface area contributed by atoms with E-state index < -0.39 is 71.2 Å². The van der Waals surface area contributed by atoms with Crippen molar-refractivity contribution in [3.63, 3.8) is 0 Å². The van der Waals surface area contributed by atoms with Crippen LogP contribution in [-0.4, -0.2) is 96.0 Å². The van der Waals surface area contributed by atoms with Crippen molar-refractivity contribution in [3.05, 3.63) is 60.8 Å². The van der Waals surface area contributed by atoms with Gasteiger partial charge >= 0.3 is 11.9 Å². The summed E-state index contributed by atoms with van der Waals surface area (Å²) in [7, 11) is -4.61. The summed E-state index contributed by atoms with van der Waals surface area (Å²) in [6.07, 6.45) is 31.3. The van der Waals surface area contributed by atoms with Gasteiger partial charge in [0.15, 0.2) is 12.4 Å². The average Bonchev–Trinajstić information content (AvgIpc) is 3.17. The third-order valence-electron chi connectivity index (χ3n) is 9.30. The normalized spacial score (nSPS) is 21.1. The van der Waals surface area contributed by atoms with Crippen LogP contribution in [0.15, 0.2) is 60.8 Å². The number of rotatable bonds is 34. The van der Waals surface area contributed by atoms with Crippen molar-refractivity contribution in [1.29, 1.82) is 0 Å². The lowest BCUT2D eigenvalue weighted by atomic mass is 10.00. The van der Waals surface area contributed by atoms with Gasteiger partial charge in [0.25, 0.3) is 10.1 Å². The van der Waals surface area contributed by atoms with Crippen molar-refractivity contribution >= 4 is 22.1 Å². The van der Waals surface area contributed by atoms with E-state index in [4.69, 9.17) is 18.9 Å². The Morgan fingerprint density at radius 3 is 1.67 bits per heavy atom. The maximum Gasteiger partial charge on any atom is 0.306 e. The predicted octanol–water partition coefficient (Wildman–Crippen LogP) is 8.17. The van der Waals surface area contributed by atoms with Crippen molar-refractivity contribution < 1.29 is 56.8 Å². The summed E-state index contributed by atoms with van der Waals surface area (Å²) < 4.78 is 53.9. The third-order valence-corrected chi connectivity index (χ3v) is 10.1. The van der Waals surface area contributed by atoms with Crippen LogP contribution in [0.25, 0.3) is 0 Å². The van der Waals surface area contributed by atoms with Crippen LogP contribution in [0, 0.1) is 0 Å². The van der Waals surface area contributed by atoms with Crippen LogP contribution in [0.4, 0.5) is 0 Å². The molecule has 1 fully saturated rings. The molecule has 0 aromatic carbocycles. The molecule has 0 saturated carbocycles. The van der Waals surface area contributed by atoms with E-state index in [0.29, 0.717) is 12.8 Å². The molecule has 0 spiro atoms. The lowest BCUT2D eigenvalue weighted by Gasteiger charge is -2.40. The molecule has 1 saturated heterocycles. The molecule has 1 aliphatic rings. The monoisotopic (exact) mass is 826 g/mol. The first kappa shape index (κ1) is 52.4. The lowest BCUT2D eigenvalue weighted by Crippen LogP contribution is -2.60. The topological polar surface area (TPSA) is 186 Å². The highest BCUT2D eigenvalue weighted by atomic mass is 32.2. The van der Waals surface area contributed by atoms with E-state index in [-0.39, 0.29) is 19.4 Å². The summed E-state index contributed by atoms with van der Waals surface area (Å²) >= 11 is 0. The van der Waals surface area contributed by atoms with Crippen LogP contribution in [0.3, 0.4) is 0 Å². The van der Waals surface area contributed by atoms with Crippen LogP contribution in [0.2, 0.25) is 0 Å². The minimum absolute atomic E-state index is 0.122. The highest BCUT2D eigenvalue weighted by molar-refractivity contribution is 7.85. The molecule has 328 valence electrons. The van der Waals surface area contributed by atoms with Crippen molar-refractivity contribution in [2.75, 3.05) is 19.0 Å². The van der Waals surface area contributed by atoms with Gasteiger partial charge in [-0.3, -0.25) is 14.1 Å². The average molecular weight is 827 g/mol. The zero-order valence-corrected chi connectivity index (χ0v) is 35.5. The predicted molar refractivity (Wildman–Crippen MR) is 224 cm³/mol. The highest BCUT2D eigenvalue weighted by Gasteiger charge is 2.46. The van der Waals surface area contributed by atoms with Gasteiger partial charge in [0, 0.05) is 12.8 Å². The maximum atomic E-state index is 12.8. The van der Waals surface area contributed by atoms with Gasteiger partial charge in [0.1, 0.15) is 36.8 Å². The molecule has 13 heteroatoms. The minimum atomic E-state index is -4.61. The Kier molecular flexibility index (Phi) is 31.5. The Balaban J connectivity index is 2.52.